The second-order valence-corrected chi connectivity index (χ2v) is 28.7. The standard InChI is InChI=1S/3C30H24O2S/c3*31-27(21-12-4-1-5-13-21)20-26-24-18-10-11-19-25(24)30(33-23-16-8-3-9-17-23)28(26)29(32)22-14-6-2-7-15-22/h3*1-19,26,28,30H,20H2/t3*26-,28-,30+/m110/s1. The van der Waals surface area contributed by atoms with Crippen molar-refractivity contribution in [3.8, 4) is 0 Å². The Morgan fingerprint density at radius 1 is 0.202 bits per heavy atom. The van der Waals surface area contributed by atoms with Crippen molar-refractivity contribution in [1.29, 1.82) is 0 Å². The molecule has 0 radical (unpaired) electrons. The first-order valence-electron chi connectivity index (χ1n) is 33.6. The number of benzene rings is 12. The Hall–Kier alpha value is -10.3. The minimum absolute atomic E-state index is 0.0510. The molecule has 0 amide bonds. The second kappa shape index (κ2) is 32.4. The minimum Gasteiger partial charge on any atom is -0.294 e. The van der Waals surface area contributed by atoms with E-state index >= 15 is 0 Å². The molecule has 99 heavy (non-hydrogen) atoms. The lowest BCUT2D eigenvalue weighted by Gasteiger charge is -2.24. The highest BCUT2D eigenvalue weighted by atomic mass is 32.2. The van der Waals surface area contributed by atoms with E-state index < -0.39 is 0 Å². The third kappa shape index (κ3) is 15.7. The summed E-state index contributed by atoms with van der Waals surface area (Å²) in [5, 5.41) is -0.153. The van der Waals surface area contributed by atoms with Crippen LogP contribution in [0.25, 0.3) is 0 Å². The number of Topliss-reactive ketones (excluding diaryl/α,β-unsaturated/α-hetero) is 6. The number of hydrogen-bond donors (Lipinski definition) is 0. The quantitative estimate of drug-likeness (QED) is 0.0651. The van der Waals surface area contributed by atoms with E-state index in [1.807, 2.05) is 273 Å². The Morgan fingerprint density at radius 2 is 0.374 bits per heavy atom. The van der Waals surface area contributed by atoms with Crippen LogP contribution in [0.5, 0.6) is 0 Å². The van der Waals surface area contributed by atoms with E-state index in [0.717, 1.165) is 48.1 Å². The Bertz CT molecular complexity index is 4240. The molecule has 3 aliphatic rings. The second-order valence-electron chi connectivity index (χ2n) is 25.0. The van der Waals surface area contributed by atoms with Crippen LogP contribution in [-0.2, 0) is 0 Å². The lowest BCUT2D eigenvalue weighted by molar-refractivity contribution is 0.0870. The molecule has 0 fully saturated rings. The first-order chi connectivity index (χ1) is 48.7. The van der Waals surface area contributed by atoms with Crippen molar-refractivity contribution >= 4 is 70.0 Å². The number of fused-ring (bicyclic) bond motifs is 3. The fourth-order valence-corrected chi connectivity index (χ4v) is 18.6. The fourth-order valence-electron chi connectivity index (χ4n) is 14.3. The highest BCUT2D eigenvalue weighted by molar-refractivity contribution is 8.00. The van der Waals surface area contributed by atoms with Crippen molar-refractivity contribution in [2.24, 2.45) is 17.8 Å². The van der Waals surface area contributed by atoms with Crippen LogP contribution in [0.4, 0.5) is 0 Å². The van der Waals surface area contributed by atoms with E-state index in [0.29, 0.717) is 52.6 Å². The summed E-state index contributed by atoms with van der Waals surface area (Å²) in [6.07, 6.45) is 0.947. The first-order valence-corrected chi connectivity index (χ1v) is 36.2. The molecule has 15 rings (SSSR count). The molecule has 486 valence electrons. The maximum Gasteiger partial charge on any atom is 0.168 e. The van der Waals surface area contributed by atoms with Crippen LogP contribution < -0.4 is 0 Å². The minimum atomic E-state index is -0.317. The monoisotopic (exact) mass is 1340 g/mol. The first kappa shape index (κ1) is 67.3. The number of carbonyl (C=O) groups is 6. The molecule has 0 heterocycles. The molecule has 0 aromatic heterocycles. The van der Waals surface area contributed by atoms with Gasteiger partial charge in [0.2, 0.25) is 0 Å². The molecule has 9 heteroatoms. The molecule has 0 unspecified atom stereocenters. The Labute approximate surface area is 592 Å². The third-order valence-corrected chi connectivity index (χ3v) is 23.0. The van der Waals surface area contributed by atoms with E-state index in [-0.39, 0.29) is 86.0 Å². The molecule has 0 spiro atoms. The molecular weight excluding hydrogens is 1270 g/mol. The topological polar surface area (TPSA) is 102 Å². The van der Waals surface area contributed by atoms with E-state index in [2.05, 4.69) is 72.8 Å². The van der Waals surface area contributed by atoms with E-state index in [4.69, 9.17) is 0 Å². The maximum absolute atomic E-state index is 13.9. The van der Waals surface area contributed by atoms with Crippen LogP contribution in [0, 0.1) is 17.8 Å². The van der Waals surface area contributed by atoms with Crippen molar-refractivity contribution in [2.45, 2.75) is 67.5 Å². The molecule has 0 saturated carbocycles. The van der Waals surface area contributed by atoms with Crippen LogP contribution in [0.1, 0.15) is 148 Å². The van der Waals surface area contributed by atoms with Crippen molar-refractivity contribution in [1.82, 2.24) is 0 Å². The van der Waals surface area contributed by atoms with Gasteiger partial charge in [-0.2, -0.15) is 0 Å². The summed E-state index contributed by atoms with van der Waals surface area (Å²) in [5.41, 5.74) is 11.0. The Kier molecular flexibility index (Phi) is 22.0. The molecule has 12 aromatic carbocycles. The van der Waals surface area contributed by atoms with Gasteiger partial charge in [-0.1, -0.05) is 309 Å². The van der Waals surface area contributed by atoms with Gasteiger partial charge in [0, 0.05) is 119 Å². The molecule has 0 bridgehead atoms. The molecule has 9 atom stereocenters. The Balaban J connectivity index is 0.000000133. The van der Waals surface area contributed by atoms with Crippen LogP contribution in [0.15, 0.2) is 360 Å². The fraction of sp³-hybridized carbons (Fsp3) is 0.133. The molecule has 6 nitrogen and oxygen atoms in total. The molecule has 0 N–H and O–H groups in total. The van der Waals surface area contributed by atoms with Gasteiger partial charge in [-0.15, -0.1) is 35.3 Å². The average Bonchev–Trinajstić information content (AvgIpc) is 1.62. The van der Waals surface area contributed by atoms with Crippen LogP contribution in [-0.4, -0.2) is 34.7 Å². The lowest BCUT2D eigenvalue weighted by Crippen LogP contribution is -2.24. The number of hydrogen-bond acceptors (Lipinski definition) is 9. The predicted molar refractivity (Wildman–Crippen MR) is 402 cm³/mol. The van der Waals surface area contributed by atoms with Gasteiger partial charge < -0.3 is 0 Å². The van der Waals surface area contributed by atoms with Crippen LogP contribution in [0.3, 0.4) is 0 Å². The Morgan fingerprint density at radius 3 is 0.586 bits per heavy atom. The summed E-state index contributed by atoms with van der Waals surface area (Å²) >= 11 is 5.16. The zero-order chi connectivity index (χ0) is 67.9. The number of carbonyl (C=O) groups excluding carboxylic acids is 6. The summed E-state index contributed by atoms with van der Waals surface area (Å²) < 4.78 is 0. The highest BCUT2D eigenvalue weighted by Gasteiger charge is 2.49. The third-order valence-electron chi connectivity index (χ3n) is 19.0. The van der Waals surface area contributed by atoms with E-state index in [1.54, 1.807) is 35.3 Å². The van der Waals surface area contributed by atoms with Gasteiger partial charge in [-0.3, -0.25) is 28.8 Å². The van der Waals surface area contributed by atoms with Crippen molar-refractivity contribution < 1.29 is 28.8 Å². The van der Waals surface area contributed by atoms with Gasteiger partial charge in [-0.25, -0.2) is 0 Å². The molecular formula is C90H72O6S3. The average molecular weight is 1350 g/mol. The summed E-state index contributed by atoms with van der Waals surface area (Å²) in [7, 11) is 0. The zero-order valence-electron chi connectivity index (χ0n) is 54.4. The zero-order valence-corrected chi connectivity index (χ0v) is 56.9. The van der Waals surface area contributed by atoms with Crippen LogP contribution >= 0.6 is 35.3 Å². The lowest BCUT2D eigenvalue weighted by atomic mass is 9.82. The number of thioether (sulfide) groups is 3. The largest absolute Gasteiger partial charge is 0.294 e. The van der Waals surface area contributed by atoms with Gasteiger partial charge >= 0.3 is 0 Å². The van der Waals surface area contributed by atoms with E-state index in [9.17, 15) is 28.8 Å². The van der Waals surface area contributed by atoms with Gasteiger partial charge in [0.1, 0.15) is 0 Å². The molecule has 0 aliphatic heterocycles. The van der Waals surface area contributed by atoms with Gasteiger partial charge in [-0.05, 0) is 69.8 Å². The molecule has 3 aliphatic carbocycles. The summed E-state index contributed by atoms with van der Waals surface area (Å²) in [5.74, 6) is -0.908. The van der Waals surface area contributed by atoms with Crippen molar-refractivity contribution in [2.75, 3.05) is 0 Å². The van der Waals surface area contributed by atoms with Gasteiger partial charge in [0.15, 0.2) is 34.7 Å². The maximum atomic E-state index is 13.9. The normalized spacial score (nSPS) is 19.1. The van der Waals surface area contributed by atoms with Gasteiger partial charge in [0.25, 0.3) is 0 Å². The predicted octanol–water partition coefficient (Wildman–Crippen LogP) is 22.2. The van der Waals surface area contributed by atoms with Crippen molar-refractivity contribution in [3.05, 3.63) is 413 Å². The number of ketones is 6. The SMILES string of the molecule is O=C(C[C@@H]1c2ccccc2[C@H](Sc2ccccc2)[C@H]1C(=O)c1ccccc1)c1ccccc1.O=C(C[C@@H]1c2ccccc2[C@H](Sc2ccccc2)[C@H]1C(=O)c1ccccc1)c1ccccc1.O=C(C[C@H]1c2ccccc2[C@@H](Sc2ccccc2)[C@@H]1C(=O)c1ccccc1)c1ccccc1. The van der Waals surface area contributed by atoms with Gasteiger partial charge in [0.05, 0.1) is 0 Å². The van der Waals surface area contributed by atoms with E-state index in [1.165, 1.54) is 0 Å². The molecule has 0 saturated heterocycles. The summed E-state index contributed by atoms with van der Waals surface area (Å²) in [6, 6.07) is 112. The summed E-state index contributed by atoms with van der Waals surface area (Å²) in [6.45, 7) is 0. The molecule has 12 aromatic rings. The number of rotatable bonds is 21. The smallest absolute Gasteiger partial charge is 0.168 e. The van der Waals surface area contributed by atoms with Crippen LogP contribution in [0.2, 0.25) is 0 Å². The van der Waals surface area contributed by atoms with Crippen molar-refractivity contribution in [3.63, 3.8) is 0 Å². The highest BCUT2D eigenvalue weighted by Crippen LogP contribution is 2.59. The summed E-state index contributed by atoms with van der Waals surface area (Å²) in [4.78, 5) is 84.9.